The number of rotatable bonds is 25. The minimum atomic E-state index is -0.818. The lowest BCUT2D eigenvalue weighted by molar-refractivity contribution is -0.387. The summed E-state index contributed by atoms with van der Waals surface area (Å²) in [7, 11) is 0. The Morgan fingerprint density at radius 1 is 0.634 bits per heavy atom. The molecule has 0 aromatic heterocycles. The molecule has 0 spiro atoms. The lowest BCUT2D eigenvalue weighted by Gasteiger charge is -2.07. The number of anilines is 1. The van der Waals surface area contributed by atoms with Gasteiger partial charge in [0.25, 0.3) is 0 Å². The predicted octanol–water partition coefficient (Wildman–Crippen LogP) is 12.1. The second-order valence-electron chi connectivity index (χ2n) is 11.6. The molecule has 0 aliphatic rings. The fourth-order valence-corrected chi connectivity index (χ4v) is 5.29. The van der Waals surface area contributed by atoms with E-state index in [0.717, 1.165) is 17.8 Å². The summed E-state index contributed by atoms with van der Waals surface area (Å²) in [6.07, 6.45) is 31.6. The van der Waals surface area contributed by atoms with E-state index in [-0.39, 0.29) is 0 Å². The lowest BCUT2D eigenvalue weighted by atomic mass is 10.0. The van der Waals surface area contributed by atoms with Gasteiger partial charge in [0.2, 0.25) is 5.82 Å². The molecule has 2 aromatic carbocycles. The summed E-state index contributed by atoms with van der Waals surface area (Å²) in [6, 6.07) is 12.1. The third-order valence-electron chi connectivity index (χ3n) is 7.91. The number of nitro groups is 1. The van der Waals surface area contributed by atoms with E-state index in [1.165, 1.54) is 141 Å². The number of nitrogens with zero attached hydrogens (tertiary/aromatic N) is 1. The molecule has 0 aliphatic heterocycles. The van der Waals surface area contributed by atoms with Gasteiger partial charge in [-0.25, -0.2) is 0 Å². The molecule has 0 unspecified atom stereocenters. The van der Waals surface area contributed by atoms with Gasteiger partial charge in [-0.3, -0.25) is 10.1 Å². The molecule has 0 saturated carbocycles. The molecule has 0 bridgehead atoms. The molecule has 0 amide bonds. The largest absolute Gasteiger partial charge is 0.385 e. The number of benzene rings is 2. The topological polar surface area (TPSA) is 55.2 Å². The van der Waals surface area contributed by atoms with Crippen molar-refractivity contribution in [2.24, 2.45) is 0 Å². The van der Waals surface area contributed by atoms with Crippen LogP contribution in [0.4, 0.5) is 15.8 Å². The van der Waals surface area contributed by atoms with Crippen LogP contribution in [0.1, 0.15) is 146 Å². The van der Waals surface area contributed by atoms with Crippen molar-refractivity contribution in [3.63, 3.8) is 0 Å². The van der Waals surface area contributed by atoms with E-state index in [2.05, 4.69) is 12.2 Å². The maximum Gasteiger partial charge on any atom is 0.304 e. The Morgan fingerprint density at radius 3 is 1.49 bits per heavy atom. The Morgan fingerprint density at radius 2 is 1.05 bits per heavy atom. The van der Waals surface area contributed by atoms with Crippen LogP contribution in [0, 0.1) is 15.9 Å². The number of hydrogen-bond acceptors (Lipinski definition) is 3. The van der Waals surface area contributed by atoms with Crippen LogP contribution in [0.15, 0.2) is 42.5 Å². The van der Waals surface area contributed by atoms with E-state index in [9.17, 15) is 14.5 Å². The minimum Gasteiger partial charge on any atom is -0.385 e. The van der Waals surface area contributed by atoms with Gasteiger partial charge in [0, 0.05) is 18.3 Å². The van der Waals surface area contributed by atoms with E-state index in [1.54, 1.807) is 12.1 Å². The second kappa shape index (κ2) is 22.9. The summed E-state index contributed by atoms with van der Waals surface area (Å²) in [6.45, 7) is 3.27. The van der Waals surface area contributed by atoms with Crippen molar-refractivity contribution in [3.8, 4) is 0 Å². The average Bonchev–Trinajstić information content (AvgIpc) is 2.97. The molecule has 0 heterocycles. The standard InChI is InChI=1S/C36H55FN2O2/c1-2-3-4-5-6-7-8-9-10-11-12-13-14-15-16-17-18-19-20-21-30-38-34-27-24-32(25-28-34)22-23-33-26-29-36(39(40)41)35(37)31-33/h22-29,31,38H,2-21,30H2,1H3. The van der Waals surface area contributed by atoms with E-state index in [1.807, 2.05) is 30.3 Å². The number of unbranched alkanes of at least 4 members (excludes halogenated alkanes) is 19. The molecule has 1 N–H and O–H groups in total. The van der Waals surface area contributed by atoms with Crippen molar-refractivity contribution in [3.05, 3.63) is 69.5 Å². The van der Waals surface area contributed by atoms with Gasteiger partial charge in [-0.2, -0.15) is 4.39 Å². The third kappa shape index (κ3) is 17.0. The van der Waals surface area contributed by atoms with Crippen LogP contribution in [0.25, 0.3) is 12.2 Å². The summed E-state index contributed by atoms with van der Waals surface area (Å²) in [5, 5.41) is 14.2. The first kappa shape index (κ1) is 34.5. The van der Waals surface area contributed by atoms with Gasteiger partial charge in [0.15, 0.2) is 0 Å². The number of nitrogens with one attached hydrogen (secondary N) is 1. The first-order chi connectivity index (χ1) is 20.1. The Balaban J connectivity index is 1.38. The van der Waals surface area contributed by atoms with Gasteiger partial charge in [0.1, 0.15) is 0 Å². The number of halogens is 1. The first-order valence-electron chi connectivity index (χ1n) is 16.6. The van der Waals surface area contributed by atoms with Crippen LogP contribution in [-0.4, -0.2) is 11.5 Å². The van der Waals surface area contributed by atoms with E-state index in [4.69, 9.17) is 0 Å². The quantitative estimate of drug-likeness (QED) is 0.0563. The van der Waals surface area contributed by atoms with Gasteiger partial charge in [-0.05, 0) is 41.8 Å². The summed E-state index contributed by atoms with van der Waals surface area (Å²) in [5.74, 6) is -0.818. The molecule has 4 nitrogen and oxygen atoms in total. The predicted molar refractivity (Wildman–Crippen MR) is 175 cm³/mol. The van der Waals surface area contributed by atoms with E-state index < -0.39 is 16.4 Å². The Hall–Kier alpha value is -2.69. The van der Waals surface area contributed by atoms with Crippen molar-refractivity contribution in [1.82, 2.24) is 0 Å². The Bertz CT molecular complexity index is 974. The fraction of sp³-hybridized carbons (Fsp3) is 0.611. The normalized spacial score (nSPS) is 11.4. The highest BCUT2D eigenvalue weighted by Crippen LogP contribution is 2.20. The molecular weight excluding hydrogens is 511 g/mol. The molecule has 0 fully saturated rings. The van der Waals surface area contributed by atoms with Crippen LogP contribution in [0.5, 0.6) is 0 Å². The number of hydrogen-bond donors (Lipinski definition) is 1. The van der Waals surface area contributed by atoms with Crippen molar-refractivity contribution in [2.75, 3.05) is 11.9 Å². The molecule has 5 heteroatoms. The number of nitro benzene ring substituents is 1. The van der Waals surface area contributed by atoms with Crippen molar-refractivity contribution in [1.29, 1.82) is 0 Å². The highest BCUT2D eigenvalue weighted by molar-refractivity contribution is 5.71. The van der Waals surface area contributed by atoms with Crippen molar-refractivity contribution in [2.45, 2.75) is 135 Å². The van der Waals surface area contributed by atoms with Gasteiger partial charge < -0.3 is 5.32 Å². The summed E-state index contributed by atoms with van der Waals surface area (Å²) < 4.78 is 13.8. The molecule has 2 rings (SSSR count). The zero-order valence-electron chi connectivity index (χ0n) is 25.7. The molecule has 41 heavy (non-hydrogen) atoms. The molecule has 2 aromatic rings. The fourth-order valence-electron chi connectivity index (χ4n) is 5.29. The zero-order chi connectivity index (χ0) is 29.4. The van der Waals surface area contributed by atoms with Crippen molar-refractivity contribution >= 4 is 23.5 Å². The van der Waals surface area contributed by atoms with Crippen LogP contribution in [0.3, 0.4) is 0 Å². The summed E-state index contributed by atoms with van der Waals surface area (Å²) in [5.41, 5.74) is 2.18. The smallest absolute Gasteiger partial charge is 0.304 e. The maximum absolute atomic E-state index is 13.8. The Labute approximate surface area is 249 Å². The van der Waals surface area contributed by atoms with Crippen LogP contribution in [-0.2, 0) is 0 Å². The minimum absolute atomic E-state index is 0.502. The molecule has 0 aliphatic carbocycles. The van der Waals surface area contributed by atoms with E-state index in [0.29, 0.717) is 5.56 Å². The SMILES string of the molecule is CCCCCCCCCCCCCCCCCCCCCCNc1ccc(C=Cc2ccc([N+](=O)[O-])c(F)c2)cc1. The zero-order valence-corrected chi connectivity index (χ0v) is 25.7. The molecule has 0 saturated heterocycles. The van der Waals surface area contributed by atoms with Gasteiger partial charge in [-0.1, -0.05) is 153 Å². The van der Waals surface area contributed by atoms with Crippen molar-refractivity contribution < 1.29 is 9.31 Å². The lowest BCUT2D eigenvalue weighted by Crippen LogP contribution is -2.01. The highest BCUT2D eigenvalue weighted by atomic mass is 19.1. The summed E-state index contributed by atoms with van der Waals surface area (Å²) in [4.78, 5) is 10.0. The maximum atomic E-state index is 13.8. The molecule has 0 atom stereocenters. The first-order valence-corrected chi connectivity index (χ1v) is 16.6. The summed E-state index contributed by atoms with van der Waals surface area (Å²) >= 11 is 0. The van der Waals surface area contributed by atoms with Crippen LogP contribution >= 0.6 is 0 Å². The highest BCUT2D eigenvalue weighted by Gasteiger charge is 2.12. The molecule has 228 valence electrons. The van der Waals surface area contributed by atoms with Crippen LogP contribution in [0.2, 0.25) is 0 Å². The third-order valence-corrected chi connectivity index (χ3v) is 7.91. The average molecular weight is 567 g/mol. The van der Waals surface area contributed by atoms with Gasteiger partial charge >= 0.3 is 5.69 Å². The molecular formula is C36H55FN2O2. The van der Waals surface area contributed by atoms with Gasteiger partial charge in [0.05, 0.1) is 4.92 Å². The van der Waals surface area contributed by atoms with Gasteiger partial charge in [-0.15, -0.1) is 0 Å². The van der Waals surface area contributed by atoms with Crippen LogP contribution < -0.4 is 5.32 Å². The molecule has 0 radical (unpaired) electrons. The Kier molecular flexibility index (Phi) is 19.3. The van der Waals surface area contributed by atoms with E-state index >= 15 is 0 Å². The second-order valence-corrected chi connectivity index (χ2v) is 11.6. The monoisotopic (exact) mass is 566 g/mol.